The number of rotatable bonds is 16. The largest absolute Gasteiger partial charge is 0.463 e. The Hall–Kier alpha value is -1.63. The first kappa shape index (κ1) is 62.4. The molecule has 0 aromatic carbocycles. The van der Waals surface area contributed by atoms with Gasteiger partial charge >= 0.3 is 5.97 Å². The van der Waals surface area contributed by atoms with Gasteiger partial charge in [0.05, 0.1) is 37.6 Å². The van der Waals surface area contributed by atoms with Crippen LogP contribution in [-0.4, -0.2) is 233 Å². The fourth-order valence-electron chi connectivity index (χ4n) is 16.2. The van der Waals surface area contributed by atoms with E-state index in [2.05, 4.69) is 40.7 Å². The summed E-state index contributed by atoms with van der Waals surface area (Å²) in [6.45, 7) is 16.5. The Balaban J connectivity index is 1.02. The van der Waals surface area contributed by atoms with E-state index in [0.717, 1.165) is 24.8 Å². The van der Waals surface area contributed by atoms with Crippen molar-refractivity contribution in [2.24, 2.45) is 45.3 Å². The van der Waals surface area contributed by atoms with Crippen LogP contribution in [0.15, 0.2) is 11.6 Å². The van der Waals surface area contributed by atoms with E-state index in [1.165, 1.54) is 6.92 Å². The van der Waals surface area contributed by atoms with Crippen molar-refractivity contribution in [3.63, 3.8) is 0 Å². The first-order valence-electron chi connectivity index (χ1n) is 28.2. The van der Waals surface area contributed by atoms with Crippen LogP contribution in [0.1, 0.15) is 120 Å². The molecule has 8 fully saturated rings. The normalized spacial score (nSPS) is 51.1. The van der Waals surface area contributed by atoms with Crippen molar-refractivity contribution in [3.8, 4) is 0 Å². The van der Waals surface area contributed by atoms with Gasteiger partial charge in [0.2, 0.25) is 0 Å². The first-order valence-corrected chi connectivity index (χ1v) is 28.2. The summed E-state index contributed by atoms with van der Waals surface area (Å²) < 4.78 is 54.3. The number of esters is 1. The smallest absolute Gasteiger partial charge is 0.302 e. The average molecular weight is 1120 g/mol. The zero-order valence-electron chi connectivity index (χ0n) is 46.6. The monoisotopic (exact) mass is 1120 g/mol. The summed E-state index contributed by atoms with van der Waals surface area (Å²) in [5.41, 5.74) is -1.58. The maximum atomic E-state index is 12.9. The Kier molecular flexibility index (Phi) is 19.0. The highest BCUT2D eigenvalue weighted by atomic mass is 16.8. The third kappa shape index (κ3) is 11.3. The predicted octanol–water partition coefficient (Wildman–Crippen LogP) is -0.993. The molecular formula is C55H92O23. The summed E-state index contributed by atoms with van der Waals surface area (Å²) in [6, 6.07) is 0. The third-order valence-corrected chi connectivity index (χ3v) is 20.8. The minimum absolute atomic E-state index is 0.0260. The zero-order valence-corrected chi connectivity index (χ0v) is 46.6. The van der Waals surface area contributed by atoms with Gasteiger partial charge < -0.3 is 109 Å². The van der Waals surface area contributed by atoms with Crippen molar-refractivity contribution in [1.29, 1.82) is 0 Å². The lowest BCUT2D eigenvalue weighted by Gasteiger charge is -2.71. The second-order valence-electron chi connectivity index (χ2n) is 25.9. The Morgan fingerprint density at radius 2 is 1.21 bits per heavy atom. The maximum Gasteiger partial charge on any atom is 0.302 e. The topological polar surface area (TPSA) is 363 Å². The summed E-state index contributed by atoms with van der Waals surface area (Å²) in [5.74, 6) is -1.11. The van der Waals surface area contributed by atoms with E-state index in [0.29, 0.717) is 38.5 Å². The molecule has 0 radical (unpaired) electrons. The maximum absolute atomic E-state index is 12.9. The molecule has 4 saturated heterocycles. The highest BCUT2D eigenvalue weighted by Gasteiger charge is 2.72. The molecule has 23 heteroatoms. The van der Waals surface area contributed by atoms with Gasteiger partial charge in [0.1, 0.15) is 98.2 Å². The Morgan fingerprint density at radius 1 is 0.615 bits per heavy atom. The number of hydrogen-bond donors (Lipinski definition) is 13. The molecule has 0 unspecified atom stereocenters. The minimum Gasteiger partial charge on any atom is -0.463 e. The molecular weight excluding hydrogens is 1030 g/mol. The Labute approximate surface area is 456 Å². The van der Waals surface area contributed by atoms with E-state index < -0.39 is 171 Å². The van der Waals surface area contributed by atoms with E-state index in [4.69, 9.17) is 42.6 Å². The van der Waals surface area contributed by atoms with Gasteiger partial charge in [-0.25, -0.2) is 0 Å². The van der Waals surface area contributed by atoms with Crippen LogP contribution in [-0.2, 0) is 47.4 Å². The molecule has 8 aliphatic rings. The number of ether oxygens (including phenoxy) is 9. The van der Waals surface area contributed by atoms with Gasteiger partial charge in [-0.2, -0.15) is 0 Å². The molecule has 0 aromatic rings. The van der Waals surface area contributed by atoms with Gasteiger partial charge in [-0.15, -0.1) is 0 Å². The van der Waals surface area contributed by atoms with Gasteiger partial charge in [0, 0.05) is 6.92 Å². The fourth-order valence-corrected chi connectivity index (χ4v) is 16.2. The van der Waals surface area contributed by atoms with Gasteiger partial charge in [-0.05, 0) is 124 Å². The molecule has 4 aliphatic carbocycles. The molecule has 78 heavy (non-hydrogen) atoms. The second kappa shape index (κ2) is 23.8. The number of aliphatic hydroxyl groups excluding tert-OH is 13. The molecule has 0 spiro atoms. The Morgan fingerprint density at radius 3 is 1.86 bits per heavy atom. The van der Waals surface area contributed by atoms with Gasteiger partial charge in [-0.3, -0.25) is 4.79 Å². The van der Waals surface area contributed by atoms with E-state index in [1.807, 2.05) is 20.8 Å². The highest BCUT2D eigenvalue weighted by molar-refractivity contribution is 5.65. The first-order chi connectivity index (χ1) is 36.4. The quantitative estimate of drug-likeness (QED) is 0.0501. The number of carbonyl (C=O) groups excluding carboxylic acids is 1. The summed E-state index contributed by atoms with van der Waals surface area (Å²) in [5, 5.41) is 142. The number of aliphatic hydroxyl groups is 13. The van der Waals surface area contributed by atoms with Crippen molar-refractivity contribution < 1.29 is 114 Å². The van der Waals surface area contributed by atoms with E-state index in [-0.39, 0.29) is 41.1 Å². The van der Waals surface area contributed by atoms with E-state index in [9.17, 15) is 71.2 Å². The van der Waals surface area contributed by atoms with E-state index in [1.54, 1.807) is 0 Å². The molecule has 4 saturated carbocycles. The molecule has 29 atom stereocenters. The molecule has 8 rings (SSSR count). The lowest BCUT2D eigenvalue weighted by Crippen LogP contribution is -2.68. The van der Waals surface area contributed by atoms with Crippen molar-refractivity contribution >= 4 is 5.97 Å². The van der Waals surface area contributed by atoms with Crippen LogP contribution < -0.4 is 0 Å². The van der Waals surface area contributed by atoms with Crippen molar-refractivity contribution in [3.05, 3.63) is 11.6 Å². The number of hydrogen-bond acceptors (Lipinski definition) is 23. The standard InChI is InChI=1S/C55H92O23/c1-24(2)11-10-15-55(9,78-49-45(69)41(65)38(62)31(74-49)23-72-47-43(67)36(60)28(59)21-71-47)26-12-17-54(8)35(26)27(58)19-33-52(6)16-14-34(51(4,5)32(52)13-18-53(33,54)7)76-50-46(42(66)39(63)30(75-50)22-70-25(3)57)77-48-44(68)40(64)37(61)29(20-56)73-48/h11,26-50,56,58-69H,10,12-23H2,1-9H3/t26-,27+,28+,29-,30+,31-,32+,33+,34+,35-,36+,37-,38+,39+,40-,41-,42+,43-,44-,45+,46-,47+,48+,49+,50+,52-,53+,54-,55+/m1/s1. The Bertz CT molecular complexity index is 2060. The number of allylic oxidation sites excluding steroid dienone is 2. The van der Waals surface area contributed by atoms with E-state index >= 15 is 0 Å². The van der Waals surface area contributed by atoms with Crippen LogP contribution >= 0.6 is 0 Å². The molecule has 450 valence electrons. The van der Waals surface area contributed by atoms with Crippen LogP contribution in [0.5, 0.6) is 0 Å². The summed E-state index contributed by atoms with van der Waals surface area (Å²) in [4.78, 5) is 11.9. The molecule has 13 N–H and O–H groups in total. The van der Waals surface area contributed by atoms with Crippen LogP contribution in [0.2, 0.25) is 0 Å². The fraction of sp³-hybridized carbons (Fsp3) is 0.945. The van der Waals surface area contributed by atoms with Crippen molar-refractivity contribution in [1.82, 2.24) is 0 Å². The number of fused-ring (bicyclic) bond motifs is 5. The van der Waals surface area contributed by atoms with Gasteiger partial charge in [0.15, 0.2) is 25.2 Å². The minimum atomic E-state index is -1.84. The average Bonchev–Trinajstić information content (AvgIpc) is 2.45. The van der Waals surface area contributed by atoms with Crippen molar-refractivity contribution in [2.75, 3.05) is 26.4 Å². The summed E-state index contributed by atoms with van der Waals surface area (Å²) in [6.07, 6.45) is -23.1. The zero-order chi connectivity index (χ0) is 57.4. The van der Waals surface area contributed by atoms with Crippen LogP contribution in [0.4, 0.5) is 0 Å². The van der Waals surface area contributed by atoms with Gasteiger partial charge in [0.25, 0.3) is 0 Å². The highest BCUT2D eigenvalue weighted by Crippen LogP contribution is 2.76. The molecule has 0 bridgehead atoms. The van der Waals surface area contributed by atoms with Crippen LogP contribution in [0.25, 0.3) is 0 Å². The number of carbonyl (C=O) groups is 1. The molecule has 23 nitrogen and oxygen atoms in total. The SMILES string of the molecule is CC(=O)OC[C@@H]1O[C@@H](O[C@H]2CC[C@]3(C)[C@@H](CC[C@@]4(C)[C@H]3C[C@H](O)[C@H]3[C@H]([C@](C)(CCC=C(C)C)O[C@@H]5O[C@H](CO[C@@H]6OC[C@H](O)[C@H](O)[C@H]6O)[C@H](O)[C@@H](O)[C@@H]5O)CC[C@]34C)C2(C)C)[C@H](O[C@@H]2O[C@H](CO)[C@@H](O)[C@@H](O)[C@H]2O)[C@@H](O)[C@H]1O. The predicted molar refractivity (Wildman–Crippen MR) is 270 cm³/mol. The van der Waals surface area contributed by atoms with Crippen LogP contribution in [0.3, 0.4) is 0 Å². The summed E-state index contributed by atoms with van der Waals surface area (Å²) in [7, 11) is 0. The third-order valence-electron chi connectivity index (χ3n) is 20.8. The second-order valence-corrected chi connectivity index (χ2v) is 25.9. The lowest BCUT2D eigenvalue weighted by atomic mass is 9.35. The molecule has 4 aliphatic heterocycles. The van der Waals surface area contributed by atoms with Crippen molar-refractivity contribution in [2.45, 2.75) is 255 Å². The van der Waals surface area contributed by atoms with Crippen LogP contribution in [0, 0.1) is 45.3 Å². The summed E-state index contributed by atoms with van der Waals surface area (Å²) >= 11 is 0. The molecule has 0 amide bonds. The van der Waals surface area contributed by atoms with Gasteiger partial charge in [-0.1, -0.05) is 46.3 Å². The lowest BCUT2D eigenvalue weighted by molar-refractivity contribution is -0.378. The molecule has 4 heterocycles. The molecule has 0 aromatic heterocycles.